The molecule has 0 aliphatic carbocycles. The lowest BCUT2D eigenvalue weighted by Crippen LogP contribution is -2.32. The van der Waals surface area contributed by atoms with Crippen LogP contribution in [0.5, 0.6) is 5.75 Å². The molecule has 1 aliphatic rings. The van der Waals surface area contributed by atoms with Crippen LogP contribution in [0.1, 0.15) is 4.88 Å². The number of thiazole rings is 1. The topological polar surface area (TPSA) is 51.4 Å². The van der Waals surface area contributed by atoms with Crippen LogP contribution in [-0.2, 0) is 6.54 Å². The van der Waals surface area contributed by atoms with Gasteiger partial charge in [0.1, 0.15) is 6.61 Å². The van der Waals surface area contributed by atoms with Crippen LogP contribution in [0.4, 0.5) is 10.8 Å². The van der Waals surface area contributed by atoms with Gasteiger partial charge in [0.15, 0.2) is 10.9 Å². The van der Waals surface area contributed by atoms with Crippen molar-refractivity contribution in [3.05, 3.63) is 34.3 Å². The van der Waals surface area contributed by atoms with E-state index in [1.54, 1.807) is 0 Å². The van der Waals surface area contributed by atoms with Gasteiger partial charge < -0.3 is 15.4 Å². The van der Waals surface area contributed by atoms with Crippen LogP contribution in [0.3, 0.4) is 0 Å². The average molecular weight is 318 g/mol. The number of benzene rings is 1. The van der Waals surface area contributed by atoms with E-state index < -0.39 is 0 Å². The summed E-state index contributed by atoms with van der Waals surface area (Å²) in [6.07, 6.45) is 1.82. The molecule has 1 aromatic carbocycles. The van der Waals surface area contributed by atoms with E-state index in [-0.39, 0.29) is 12.4 Å². The van der Waals surface area contributed by atoms with Crippen molar-refractivity contribution in [2.45, 2.75) is 6.54 Å². The zero-order valence-corrected chi connectivity index (χ0v) is 12.4. The van der Waals surface area contributed by atoms with Crippen LogP contribution in [0.2, 0.25) is 5.02 Å². The molecule has 2 aromatic rings. The Balaban J connectivity index is 0.00000133. The first-order valence-electron chi connectivity index (χ1n) is 5.60. The number of nitrogen functional groups attached to an aromatic ring is 1. The summed E-state index contributed by atoms with van der Waals surface area (Å²) < 4.78 is 5.62. The maximum atomic E-state index is 6.13. The van der Waals surface area contributed by atoms with Gasteiger partial charge in [0.05, 0.1) is 23.8 Å². The highest BCUT2D eigenvalue weighted by atomic mass is 35.5. The minimum absolute atomic E-state index is 0. The second-order valence-corrected chi connectivity index (χ2v) is 5.58. The number of halogens is 2. The summed E-state index contributed by atoms with van der Waals surface area (Å²) in [6.45, 7) is 2.27. The molecule has 0 spiro atoms. The standard InChI is InChI=1S/C12H12ClN3OS.ClH/c13-9-2-1-3-10-11(9)17-5-4-16(10)7-8-6-15-12(14)18-8;/h1-3,6H,4-5,7H2,(H2,14,15);1H. The van der Waals surface area contributed by atoms with Crippen LogP contribution in [-0.4, -0.2) is 18.1 Å². The summed E-state index contributed by atoms with van der Waals surface area (Å²) in [5, 5.41) is 1.26. The molecule has 2 heterocycles. The Bertz CT molecular complexity index is 576. The normalized spacial score (nSPS) is 13.4. The fourth-order valence-electron chi connectivity index (χ4n) is 2.02. The molecule has 19 heavy (non-hydrogen) atoms. The van der Waals surface area contributed by atoms with Crippen molar-refractivity contribution >= 4 is 46.2 Å². The third-order valence-corrected chi connectivity index (χ3v) is 3.92. The zero-order chi connectivity index (χ0) is 12.5. The fraction of sp³-hybridized carbons (Fsp3) is 0.250. The lowest BCUT2D eigenvalue weighted by atomic mass is 10.2. The van der Waals surface area contributed by atoms with Crippen LogP contribution in [0.25, 0.3) is 0 Å². The lowest BCUT2D eigenvalue weighted by molar-refractivity contribution is 0.307. The number of para-hydroxylation sites is 1. The van der Waals surface area contributed by atoms with Gasteiger partial charge in [-0.2, -0.15) is 0 Å². The summed E-state index contributed by atoms with van der Waals surface area (Å²) in [6, 6.07) is 5.79. The maximum absolute atomic E-state index is 6.13. The van der Waals surface area contributed by atoms with E-state index in [1.807, 2.05) is 24.4 Å². The highest BCUT2D eigenvalue weighted by molar-refractivity contribution is 7.15. The summed E-state index contributed by atoms with van der Waals surface area (Å²) >= 11 is 7.64. The van der Waals surface area contributed by atoms with Crippen molar-refractivity contribution < 1.29 is 4.74 Å². The van der Waals surface area contributed by atoms with Gasteiger partial charge in [-0.15, -0.1) is 23.7 Å². The van der Waals surface area contributed by atoms with E-state index in [1.165, 1.54) is 11.3 Å². The smallest absolute Gasteiger partial charge is 0.180 e. The molecule has 0 unspecified atom stereocenters. The molecular weight excluding hydrogens is 305 g/mol. The van der Waals surface area contributed by atoms with Crippen molar-refractivity contribution in [3.63, 3.8) is 0 Å². The van der Waals surface area contributed by atoms with E-state index in [0.29, 0.717) is 16.8 Å². The minimum Gasteiger partial charge on any atom is -0.488 e. The van der Waals surface area contributed by atoms with Crippen molar-refractivity contribution in [2.75, 3.05) is 23.8 Å². The quantitative estimate of drug-likeness (QED) is 0.924. The number of ether oxygens (including phenoxy) is 1. The number of fused-ring (bicyclic) bond motifs is 1. The van der Waals surface area contributed by atoms with Gasteiger partial charge in [-0.05, 0) is 12.1 Å². The number of rotatable bonds is 2. The first-order valence-corrected chi connectivity index (χ1v) is 6.80. The third kappa shape index (κ3) is 2.88. The van der Waals surface area contributed by atoms with E-state index in [2.05, 4.69) is 9.88 Å². The predicted molar refractivity (Wildman–Crippen MR) is 81.8 cm³/mol. The number of nitrogens with zero attached hydrogens (tertiary/aromatic N) is 2. The van der Waals surface area contributed by atoms with Crippen molar-refractivity contribution in [1.29, 1.82) is 0 Å². The van der Waals surface area contributed by atoms with Crippen LogP contribution in [0, 0.1) is 0 Å². The predicted octanol–water partition coefficient (Wildman–Crippen LogP) is 3.20. The van der Waals surface area contributed by atoms with Gasteiger partial charge in [-0.3, -0.25) is 0 Å². The fourth-order valence-corrected chi connectivity index (χ4v) is 2.94. The monoisotopic (exact) mass is 317 g/mol. The summed E-state index contributed by atoms with van der Waals surface area (Å²) in [7, 11) is 0. The number of hydrogen-bond acceptors (Lipinski definition) is 5. The molecule has 2 N–H and O–H groups in total. The largest absolute Gasteiger partial charge is 0.488 e. The van der Waals surface area contributed by atoms with Crippen molar-refractivity contribution in [3.8, 4) is 5.75 Å². The molecule has 4 nitrogen and oxygen atoms in total. The highest BCUT2D eigenvalue weighted by Gasteiger charge is 2.20. The molecule has 7 heteroatoms. The summed E-state index contributed by atoms with van der Waals surface area (Å²) in [5.41, 5.74) is 6.67. The Kier molecular flexibility index (Phi) is 4.39. The first-order chi connectivity index (χ1) is 8.74. The Labute approximate surface area is 126 Å². The number of nitrogens with two attached hydrogens (primary N) is 1. The number of aromatic nitrogens is 1. The zero-order valence-electron chi connectivity index (χ0n) is 10.0. The molecule has 0 fully saturated rings. The highest BCUT2D eigenvalue weighted by Crippen LogP contribution is 2.38. The van der Waals surface area contributed by atoms with Gasteiger partial charge in [0.2, 0.25) is 0 Å². The molecule has 0 bridgehead atoms. The molecule has 0 amide bonds. The molecule has 0 saturated carbocycles. The maximum Gasteiger partial charge on any atom is 0.180 e. The van der Waals surface area contributed by atoms with Gasteiger partial charge in [0.25, 0.3) is 0 Å². The SMILES string of the molecule is Cl.Nc1ncc(CN2CCOc3c(Cl)cccc32)s1. The Morgan fingerprint density at radius 2 is 2.32 bits per heavy atom. The van der Waals surface area contributed by atoms with Gasteiger partial charge in [-0.1, -0.05) is 17.7 Å². The van der Waals surface area contributed by atoms with E-state index in [9.17, 15) is 0 Å². The minimum atomic E-state index is 0. The first kappa shape index (κ1) is 14.2. The molecule has 1 aromatic heterocycles. The molecule has 0 saturated heterocycles. The molecule has 1 aliphatic heterocycles. The summed E-state index contributed by atoms with van der Waals surface area (Å²) in [5.74, 6) is 0.767. The molecule has 102 valence electrons. The van der Waals surface area contributed by atoms with Crippen molar-refractivity contribution in [2.24, 2.45) is 0 Å². The second kappa shape index (κ2) is 5.86. The lowest BCUT2D eigenvalue weighted by Gasteiger charge is -2.31. The average Bonchev–Trinajstić information content (AvgIpc) is 2.76. The second-order valence-electron chi connectivity index (χ2n) is 4.02. The van der Waals surface area contributed by atoms with Crippen LogP contribution >= 0.6 is 35.3 Å². The molecular formula is C12H13Cl2N3OS. The van der Waals surface area contributed by atoms with E-state index in [4.69, 9.17) is 22.1 Å². The van der Waals surface area contributed by atoms with Crippen molar-refractivity contribution in [1.82, 2.24) is 4.98 Å². The van der Waals surface area contributed by atoms with Gasteiger partial charge >= 0.3 is 0 Å². The molecule has 3 rings (SSSR count). The summed E-state index contributed by atoms with van der Waals surface area (Å²) in [4.78, 5) is 7.44. The Morgan fingerprint density at radius 1 is 1.47 bits per heavy atom. The molecule has 0 radical (unpaired) electrons. The number of anilines is 2. The van der Waals surface area contributed by atoms with Gasteiger partial charge in [0, 0.05) is 11.1 Å². The number of hydrogen-bond donors (Lipinski definition) is 1. The van der Waals surface area contributed by atoms with E-state index in [0.717, 1.165) is 29.4 Å². The molecule has 0 atom stereocenters. The third-order valence-electron chi connectivity index (χ3n) is 2.81. The van der Waals surface area contributed by atoms with Gasteiger partial charge in [-0.25, -0.2) is 4.98 Å². The van der Waals surface area contributed by atoms with Crippen LogP contribution < -0.4 is 15.4 Å². The Hall–Kier alpha value is -1.17. The Morgan fingerprint density at radius 3 is 3.05 bits per heavy atom. The van der Waals surface area contributed by atoms with Crippen LogP contribution in [0.15, 0.2) is 24.4 Å². The van der Waals surface area contributed by atoms with E-state index >= 15 is 0 Å².